The molecule has 0 unspecified atom stereocenters. The van der Waals surface area contributed by atoms with Crippen molar-refractivity contribution in [3.05, 3.63) is 48.2 Å². The second-order valence-corrected chi connectivity index (χ2v) is 7.15. The third-order valence-electron chi connectivity index (χ3n) is 4.82. The molecule has 6 heteroatoms. The Hall–Kier alpha value is -2.05. The quantitative estimate of drug-likeness (QED) is 0.783. The van der Waals surface area contributed by atoms with Gasteiger partial charge in [0.1, 0.15) is 12.4 Å². The monoisotopic (exact) mass is 341 g/mol. The van der Waals surface area contributed by atoms with Crippen molar-refractivity contribution in [3.63, 3.8) is 0 Å². The largest absolute Gasteiger partial charge is 0.494 e. The fourth-order valence-corrected chi connectivity index (χ4v) is 2.48. The molecule has 25 heavy (non-hydrogen) atoms. The highest BCUT2D eigenvalue weighted by Crippen LogP contribution is 2.36. The van der Waals surface area contributed by atoms with Crippen LogP contribution in [0.1, 0.15) is 33.3 Å². The fraction of sp³-hybridized carbons (Fsp3) is 0.421. The number of ether oxygens (including phenoxy) is 2. The minimum absolute atomic E-state index is 0.339. The SMILES string of the molecule is COc1ccc(COc2ccc(B3OC(C)(C)C(C)(C)O3)cc2)cn1. The Morgan fingerprint density at radius 1 is 0.960 bits per heavy atom. The zero-order chi connectivity index (χ0) is 18.1. The highest BCUT2D eigenvalue weighted by molar-refractivity contribution is 6.62. The van der Waals surface area contributed by atoms with Gasteiger partial charge >= 0.3 is 7.12 Å². The summed E-state index contributed by atoms with van der Waals surface area (Å²) in [5.41, 5.74) is 1.29. The second-order valence-electron chi connectivity index (χ2n) is 7.15. The van der Waals surface area contributed by atoms with Gasteiger partial charge in [0.15, 0.2) is 0 Å². The van der Waals surface area contributed by atoms with Gasteiger partial charge in [0, 0.05) is 17.8 Å². The standard InChI is InChI=1S/C19H24BNO4/c1-18(2)19(3,4)25-20(24-18)15-7-9-16(10-8-15)23-13-14-6-11-17(22-5)21-12-14/h6-12H,13H2,1-5H3. The zero-order valence-corrected chi connectivity index (χ0v) is 15.4. The molecule has 132 valence electrons. The topological polar surface area (TPSA) is 49.8 Å². The Balaban J connectivity index is 1.61. The van der Waals surface area contributed by atoms with Crippen LogP contribution < -0.4 is 14.9 Å². The Bertz CT molecular complexity index is 697. The van der Waals surface area contributed by atoms with Gasteiger partial charge in [-0.05, 0) is 51.4 Å². The van der Waals surface area contributed by atoms with E-state index in [2.05, 4.69) is 4.98 Å². The van der Waals surface area contributed by atoms with Gasteiger partial charge in [0.2, 0.25) is 5.88 Å². The first-order chi connectivity index (χ1) is 11.8. The van der Waals surface area contributed by atoms with Gasteiger partial charge in [-0.2, -0.15) is 0 Å². The lowest BCUT2D eigenvalue weighted by Gasteiger charge is -2.32. The predicted octanol–water partition coefficient (Wildman–Crippen LogP) is 2.97. The van der Waals surface area contributed by atoms with Gasteiger partial charge in [-0.1, -0.05) is 12.1 Å². The smallest absolute Gasteiger partial charge is 0.489 e. The number of rotatable bonds is 5. The molecule has 0 atom stereocenters. The molecule has 0 radical (unpaired) electrons. The molecule has 1 fully saturated rings. The third kappa shape index (κ3) is 3.80. The number of aromatic nitrogens is 1. The van der Waals surface area contributed by atoms with Gasteiger partial charge < -0.3 is 18.8 Å². The lowest BCUT2D eigenvalue weighted by molar-refractivity contribution is 0.00578. The maximum absolute atomic E-state index is 6.06. The number of nitrogens with zero attached hydrogens (tertiary/aromatic N) is 1. The van der Waals surface area contributed by atoms with E-state index in [1.807, 2.05) is 64.1 Å². The fourth-order valence-electron chi connectivity index (χ4n) is 2.48. The van der Waals surface area contributed by atoms with Gasteiger partial charge in [-0.3, -0.25) is 0 Å². The third-order valence-corrected chi connectivity index (χ3v) is 4.82. The van der Waals surface area contributed by atoms with Crippen LogP contribution in [0.5, 0.6) is 11.6 Å². The van der Waals surface area contributed by atoms with Crippen LogP contribution in [0.4, 0.5) is 0 Å². The maximum atomic E-state index is 6.06. The summed E-state index contributed by atoms with van der Waals surface area (Å²) in [5.74, 6) is 1.38. The molecule has 1 aromatic carbocycles. The average molecular weight is 341 g/mol. The molecule has 1 saturated heterocycles. The average Bonchev–Trinajstić information content (AvgIpc) is 2.82. The van der Waals surface area contributed by atoms with Crippen molar-refractivity contribution in [2.75, 3.05) is 7.11 Å². The van der Waals surface area contributed by atoms with E-state index < -0.39 is 0 Å². The minimum Gasteiger partial charge on any atom is -0.489 e. The number of pyridine rings is 1. The van der Waals surface area contributed by atoms with E-state index in [-0.39, 0.29) is 18.3 Å². The van der Waals surface area contributed by atoms with E-state index in [4.69, 9.17) is 18.8 Å². The van der Waals surface area contributed by atoms with Crippen LogP contribution in [0.3, 0.4) is 0 Å². The van der Waals surface area contributed by atoms with Crippen molar-refractivity contribution in [3.8, 4) is 11.6 Å². The van der Waals surface area contributed by atoms with E-state index in [0.717, 1.165) is 16.8 Å². The molecule has 1 aliphatic heterocycles. The van der Waals surface area contributed by atoms with Crippen molar-refractivity contribution in [2.24, 2.45) is 0 Å². The first kappa shape index (κ1) is 17.8. The molecular formula is C19H24BNO4. The van der Waals surface area contributed by atoms with Crippen molar-refractivity contribution in [1.29, 1.82) is 0 Å². The van der Waals surface area contributed by atoms with E-state index in [1.165, 1.54) is 0 Å². The second kappa shape index (κ2) is 6.69. The summed E-state index contributed by atoms with van der Waals surface area (Å²) in [5, 5.41) is 0. The van der Waals surface area contributed by atoms with Crippen LogP contribution in [-0.2, 0) is 15.9 Å². The Labute approximate surface area is 149 Å². The summed E-state index contributed by atoms with van der Waals surface area (Å²) in [7, 11) is 1.24. The normalized spacial score (nSPS) is 18.2. The van der Waals surface area contributed by atoms with E-state index in [1.54, 1.807) is 13.3 Å². The summed E-state index contributed by atoms with van der Waals surface area (Å²) in [4.78, 5) is 4.17. The molecule has 0 aliphatic carbocycles. The van der Waals surface area contributed by atoms with Crippen molar-refractivity contribution in [2.45, 2.75) is 45.5 Å². The van der Waals surface area contributed by atoms with Crippen LogP contribution in [0.2, 0.25) is 0 Å². The summed E-state index contributed by atoms with van der Waals surface area (Å²) >= 11 is 0. The predicted molar refractivity (Wildman–Crippen MR) is 97.3 cm³/mol. The van der Waals surface area contributed by atoms with E-state index in [9.17, 15) is 0 Å². The van der Waals surface area contributed by atoms with Crippen LogP contribution in [0, 0.1) is 0 Å². The Morgan fingerprint density at radius 3 is 2.12 bits per heavy atom. The van der Waals surface area contributed by atoms with Crippen LogP contribution in [-0.4, -0.2) is 30.4 Å². The first-order valence-electron chi connectivity index (χ1n) is 8.38. The number of benzene rings is 1. The van der Waals surface area contributed by atoms with Gasteiger partial charge in [-0.15, -0.1) is 0 Å². The number of hydrogen-bond donors (Lipinski definition) is 0. The number of methoxy groups -OCH3 is 1. The zero-order valence-electron chi connectivity index (χ0n) is 15.4. The van der Waals surface area contributed by atoms with Crippen molar-refractivity contribution in [1.82, 2.24) is 4.98 Å². The molecule has 2 heterocycles. The molecule has 0 N–H and O–H groups in total. The van der Waals surface area contributed by atoms with Crippen LogP contribution in [0.25, 0.3) is 0 Å². The maximum Gasteiger partial charge on any atom is 0.494 e. The lowest BCUT2D eigenvalue weighted by Crippen LogP contribution is -2.41. The first-order valence-corrected chi connectivity index (χ1v) is 8.38. The molecule has 3 rings (SSSR count). The molecule has 0 spiro atoms. The molecular weight excluding hydrogens is 317 g/mol. The summed E-state index contributed by atoms with van der Waals surface area (Å²) in [6.07, 6.45) is 1.75. The molecule has 2 aromatic rings. The van der Waals surface area contributed by atoms with Crippen molar-refractivity contribution >= 4 is 12.6 Å². The van der Waals surface area contributed by atoms with Gasteiger partial charge in [0.25, 0.3) is 0 Å². The highest BCUT2D eigenvalue weighted by atomic mass is 16.7. The van der Waals surface area contributed by atoms with Gasteiger partial charge in [0.05, 0.1) is 18.3 Å². The van der Waals surface area contributed by atoms with E-state index in [0.29, 0.717) is 12.5 Å². The highest BCUT2D eigenvalue weighted by Gasteiger charge is 2.51. The molecule has 1 aromatic heterocycles. The van der Waals surface area contributed by atoms with Crippen LogP contribution >= 0.6 is 0 Å². The van der Waals surface area contributed by atoms with Crippen LogP contribution in [0.15, 0.2) is 42.6 Å². The van der Waals surface area contributed by atoms with Crippen molar-refractivity contribution < 1.29 is 18.8 Å². The van der Waals surface area contributed by atoms with Gasteiger partial charge in [-0.25, -0.2) is 4.98 Å². The van der Waals surface area contributed by atoms with E-state index >= 15 is 0 Å². The summed E-state index contributed by atoms with van der Waals surface area (Å²) in [6.45, 7) is 8.65. The number of hydrogen-bond acceptors (Lipinski definition) is 5. The summed E-state index contributed by atoms with van der Waals surface area (Å²) < 4.78 is 23.0. The summed E-state index contributed by atoms with van der Waals surface area (Å²) in [6, 6.07) is 11.6. The molecule has 0 saturated carbocycles. The minimum atomic E-state index is -0.357. The molecule has 1 aliphatic rings. The molecule has 0 bridgehead atoms. The molecule has 0 amide bonds. The Morgan fingerprint density at radius 2 is 1.60 bits per heavy atom. The molecule has 5 nitrogen and oxygen atoms in total. The lowest BCUT2D eigenvalue weighted by atomic mass is 9.79. The Kier molecular flexibility index (Phi) is 4.76.